The Balaban J connectivity index is 1.41. The van der Waals surface area contributed by atoms with Crippen LogP contribution in [0.1, 0.15) is 5.56 Å². The lowest BCUT2D eigenvalue weighted by atomic mass is 10.1. The summed E-state index contributed by atoms with van der Waals surface area (Å²) in [7, 11) is -1.80. The highest BCUT2D eigenvalue weighted by Gasteiger charge is 2.27. The van der Waals surface area contributed by atoms with Crippen molar-refractivity contribution in [2.75, 3.05) is 43.6 Å². The summed E-state index contributed by atoms with van der Waals surface area (Å²) >= 11 is 0. The van der Waals surface area contributed by atoms with Crippen LogP contribution in [-0.2, 0) is 26.0 Å². The first-order valence-electron chi connectivity index (χ1n) is 10.6. The monoisotopic (exact) mass is 465 g/mol. The van der Waals surface area contributed by atoms with E-state index < -0.39 is 10.0 Å². The fourth-order valence-corrected chi connectivity index (χ4v) is 5.40. The van der Waals surface area contributed by atoms with Gasteiger partial charge in [0.1, 0.15) is 0 Å². The van der Waals surface area contributed by atoms with Crippen LogP contribution >= 0.6 is 0 Å². The van der Waals surface area contributed by atoms with E-state index in [0.29, 0.717) is 43.6 Å². The molecule has 2 aromatic carbocycles. The molecule has 0 radical (unpaired) electrons. The molecule has 0 aliphatic carbocycles. The summed E-state index contributed by atoms with van der Waals surface area (Å²) in [5, 5.41) is 3.14. The highest BCUT2D eigenvalue weighted by molar-refractivity contribution is 7.89. The summed E-state index contributed by atoms with van der Waals surface area (Å²) in [5.74, 6) is 0.340. The number of hydrogen-bond donors (Lipinski definition) is 1. The molecule has 0 spiro atoms. The van der Waals surface area contributed by atoms with Crippen molar-refractivity contribution in [1.82, 2.24) is 14.3 Å². The zero-order valence-electron chi connectivity index (χ0n) is 18.1. The highest BCUT2D eigenvalue weighted by atomic mass is 32.2. The molecule has 3 heterocycles. The Morgan fingerprint density at radius 2 is 1.76 bits per heavy atom. The number of nitrogens with one attached hydrogen (secondary N) is 1. The maximum atomic E-state index is 12.8. The van der Waals surface area contributed by atoms with E-state index in [-0.39, 0.29) is 17.2 Å². The molecule has 33 heavy (non-hydrogen) atoms. The minimum atomic E-state index is -3.55. The number of carbonyl (C=O) groups is 1. The van der Waals surface area contributed by atoms with Crippen molar-refractivity contribution in [2.45, 2.75) is 11.3 Å². The van der Waals surface area contributed by atoms with Crippen molar-refractivity contribution < 1.29 is 17.9 Å². The van der Waals surface area contributed by atoms with Gasteiger partial charge in [-0.1, -0.05) is 18.2 Å². The number of fused-ring (bicyclic) bond motifs is 3. The molecular weight excluding hydrogens is 442 g/mol. The number of benzene rings is 2. The Morgan fingerprint density at radius 1 is 1.03 bits per heavy atom. The minimum Gasteiger partial charge on any atom is -0.379 e. The topological polar surface area (TPSA) is 105 Å². The number of nitrogens with zero attached hydrogens (tertiary/aromatic N) is 4. The second kappa shape index (κ2) is 8.54. The molecule has 2 aliphatic rings. The van der Waals surface area contributed by atoms with E-state index in [0.717, 1.165) is 16.8 Å². The third-order valence-electron chi connectivity index (χ3n) is 5.82. The lowest BCUT2D eigenvalue weighted by Crippen LogP contribution is -2.40. The van der Waals surface area contributed by atoms with Gasteiger partial charge in [-0.3, -0.25) is 4.79 Å². The molecule has 3 aromatic rings. The van der Waals surface area contributed by atoms with Crippen LogP contribution in [0.5, 0.6) is 0 Å². The summed E-state index contributed by atoms with van der Waals surface area (Å²) in [6, 6.07) is 14.1. The molecule has 170 valence electrons. The van der Waals surface area contributed by atoms with Gasteiger partial charge in [0.25, 0.3) is 0 Å². The molecular formula is C23H23N5O4S. The normalized spacial score (nSPS) is 16.6. The fourth-order valence-electron chi connectivity index (χ4n) is 3.99. The summed E-state index contributed by atoms with van der Waals surface area (Å²) in [4.78, 5) is 23.5. The summed E-state index contributed by atoms with van der Waals surface area (Å²) in [6.45, 7) is 1.51. The van der Waals surface area contributed by atoms with E-state index in [1.165, 1.54) is 4.31 Å². The Hall–Kier alpha value is -3.34. The quantitative estimate of drug-likeness (QED) is 0.631. The van der Waals surface area contributed by atoms with Crippen LogP contribution in [-0.4, -0.2) is 61.9 Å². The van der Waals surface area contributed by atoms with Gasteiger partial charge in [-0.05, 0) is 30.3 Å². The first-order valence-corrected chi connectivity index (χ1v) is 12.0. The van der Waals surface area contributed by atoms with Crippen molar-refractivity contribution in [2.24, 2.45) is 0 Å². The minimum absolute atomic E-state index is 0.0254. The largest absolute Gasteiger partial charge is 0.379 e. The van der Waals surface area contributed by atoms with Crippen LogP contribution in [0.2, 0.25) is 0 Å². The van der Waals surface area contributed by atoms with Gasteiger partial charge in [-0.15, -0.1) is 0 Å². The fraction of sp³-hybridized carbons (Fsp3) is 0.261. The van der Waals surface area contributed by atoms with Gasteiger partial charge in [0.05, 0.1) is 35.9 Å². The second-order valence-electron chi connectivity index (χ2n) is 7.88. The first-order chi connectivity index (χ1) is 15.9. The third-order valence-corrected chi connectivity index (χ3v) is 7.73. The first kappa shape index (κ1) is 21.5. The molecule has 9 nitrogen and oxygen atoms in total. The average molecular weight is 466 g/mol. The molecule has 10 heteroatoms. The number of likely N-dealkylation sites (N-methyl/N-ethyl adjacent to an activating group) is 1. The van der Waals surface area contributed by atoms with Crippen LogP contribution < -0.4 is 10.2 Å². The maximum absolute atomic E-state index is 12.8. The molecule has 2 aliphatic heterocycles. The maximum Gasteiger partial charge on any atom is 0.243 e. The van der Waals surface area contributed by atoms with Gasteiger partial charge in [-0.25, -0.2) is 18.4 Å². The van der Waals surface area contributed by atoms with Crippen molar-refractivity contribution >= 4 is 33.3 Å². The van der Waals surface area contributed by atoms with E-state index in [9.17, 15) is 13.2 Å². The molecule has 1 amide bonds. The predicted molar refractivity (Wildman–Crippen MR) is 124 cm³/mol. The number of amides is 1. The Morgan fingerprint density at radius 3 is 2.52 bits per heavy atom. The molecule has 0 atom stereocenters. The van der Waals surface area contributed by atoms with Gasteiger partial charge < -0.3 is 15.0 Å². The molecule has 1 fully saturated rings. The van der Waals surface area contributed by atoms with E-state index in [1.807, 2.05) is 24.3 Å². The standard InChI is InChI=1S/C23H23N5O4S/c1-27-20-5-3-2-4-19(20)22-16(14-21(27)29)15-24-23(26-22)25-17-6-8-18(9-7-17)33(30,31)28-10-12-32-13-11-28/h2-9,15H,10-14H2,1H3,(H,24,25,26). The van der Waals surface area contributed by atoms with Crippen LogP contribution in [0.4, 0.5) is 17.3 Å². The van der Waals surface area contributed by atoms with Gasteiger partial charge >= 0.3 is 0 Å². The number of carbonyl (C=O) groups excluding carboxylic acids is 1. The molecule has 0 bridgehead atoms. The molecule has 1 aromatic heterocycles. The molecule has 1 N–H and O–H groups in total. The number of aromatic nitrogens is 2. The summed E-state index contributed by atoms with van der Waals surface area (Å²) < 4.78 is 32.3. The smallest absolute Gasteiger partial charge is 0.243 e. The van der Waals surface area contributed by atoms with Crippen molar-refractivity contribution in [3.8, 4) is 11.3 Å². The van der Waals surface area contributed by atoms with Crippen LogP contribution in [0.25, 0.3) is 11.3 Å². The van der Waals surface area contributed by atoms with Gasteiger partial charge in [0.15, 0.2) is 0 Å². The molecule has 0 unspecified atom stereocenters. The molecule has 5 rings (SSSR count). The zero-order valence-corrected chi connectivity index (χ0v) is 18.9. The number of anilines is 3. The Labute approximate surface area is 192 Å². The Kier molecular flexibility index (Phi) is 5.57. The highest BCUT2D eigenvalue weighted by Crippen LogP contribution is 2.35. The van der Waals surface area contributed by atoms with E-state index in [2.05, 4.69) is 15.3 Å². The summed E-state index contributed by atoms with van der Waals surface area (Å²) in [6.07, 6.45) is 1.88. The van der Waals surface area contributed by atoms with Crippen molar-refractivity contribution in [3.63, 3.8) is 0 Å². The third kappa shape index (κ3) is 4.08. The predicted octanol–water partition coefficient (Wildman–Crippen LogP) is 2.43. The second-order valence-corrected chi connectivity index (χ2v) is 9.82. The number of sulfonamides is 1. The Bertz CT molecular complexity index is 1300. The number of hydrogen-bond acceptors (Lipinski definition) is 7. The van der Waals surface area contributed by atoms with Gasteiger partial charge in [0, 0.05) is 43.1 Å². The van der Waals surface area contributed by atoms with Gasteiger partial charge in [0.2, 0.25) is 21.9 Å². The number of ether oxygens (including phenoxy) is 1. The van der Waals surface area contributed by atoms with E-state index in [4.69, 9.17) is 4.74 Å². The molecule has 0 saturated carbocycles. The number of morpholine rings is 1. The van der Waals surface area contributed by atoms with E-state index in [1.54, 1.807) is 42.4 Å². The molecule has 1 saturated heterocycles. The van der Waals surface area contributed by atoms with Crippen LogP contribution in [0.15, 0.2) is 59.6 Å². The average Bonchev–Trinajstić information content (AvgIpc) is 2.95. The lowest BCUT2D eigenvalue weighted by molar-refractivity contribution is -0.117. The SMILES string of the molecule is CN1C(=O)Cc2cnc(Nc3ccc(S(=O)(=O)N4CCOCC4)cc3)nc2-c2ccccc21. The van der Waals surface area contributed by atoms with Crippen LogP contribution in [0, 0.1) is 0 Å². The summed E-state index contributed by atoms with van der Waals surface area (Å²) in [5.41, 5.74) is 3.77. The lowest BCUT2D eigenvalue weighted by Gasteiger charge is -2.26. The number of para-hydroxylation sites is 1. The van der Waals surface area contributed by atoms with Crippen LogP contribution in [0.3, 0.4) is 0 Å². The van der Waals surface area contributed by atoms with Crippen molar-refractivity contribution in [1.29, 1.82) is 0 Å². The van der Waals surface area contributed by atoms with Crippen molar-refractivity contribution in [3.05, 3.63) is 60.3 Å². The zero-order chi connectivity index (χ0) is 23.0. The van der Waals surface area contributed by atoms with Gasteiger partial charge in [-0.2, -0.15) is 4.31 Å². The van der Waals surface area contributed by atoms with E-state index >= 15 is 0 Å². The number of rotatable bonds is 4.